The molecule has 3 heteroatoms. The van der Waals surface area contributed by atoms with Crippen LogP contribution in [0.2, 0.25) is 0 Å². The van der Waals surface area contributed by atoms with Crippen LogP contribution in [-0.2, 0) is 11.2 Å². The third-order valence-corrected chi connectivity index (χ3v) is 4.12. The molecule has 1 atom stereocenters. The Morgan fingerprint density at radius 2 is 2.05 bits per heavy atom. The lowest BCUT2D eigenvalue weighted by Crippen LogP contribution is -2.31. The van der Waals surface area contributed by atoms with Crippen LogP contribution in [-0.4, -0.2) is 11.9 Å². The van der Waals surface area contributed by atoms with E-state index in [0.29, 0.717) is 6.04 Å². The lowest BCUT2D eigenvalue weighted by Gasteiger charge is -2.27. The van der Waals surface area contributed by atoms with E-state index in [0.717, 1.165) is 24.9 Å². The first kappa shape index (κ1) is 12.5. The van der Waals surface area contributed by atoms with Gasteiger partial charge >= 0.3 is 0 Å². The summed E-state index contributed by atoms with van der Waals surface area (Å²) >= 11 is 0. The van der Waals surface area contributed by atoms with Gasteiger partial charge < -0.3 is 10.6 Å². The number of nitrogens with one attached hydrogen (secondary N) is 2. The second kappa shape index (κ2) is 4.26. The molecule has 3 nitrogen and oxygen atoms in total. The molecule has 1 aromatic rings. The molecule has 1 unspecified atom stereocenters. The Morgan fingerprint density at radius 3 is 2.68 bits per heavy atom. The molecule has 1 amide bonds. The summed E-state index contributed by atoms with van der Waals surface area (Å²) in [6.07, 6.45) is 3.13. The molecule has 1 aliphatic heterocycles. The Balaban J connectivity index is 1.73. The molecule has 1 aliphatic carbocycles. The largest absolute Gasteiger partial charge is 0.381 e. The second-order valence-electron chi connectivity index (χ2n) is 6.90. The minimum Gasteiger partial charge on any atom is -0.381 e. The highest BCUT2D eigenvalue weighted by Gasteiger charge is 2.32. The number of hydrogen-bond donors (Lipinski definition) is 2. The van der Waals surface area contributed by atoms with Crippen LogP contribution in [0.1, 0.15) is 39.2 Å². The first-order chi connectivity index (χ1) is 8.93. The molecular weight excluding hydrogens is 236 g/mol. The smallest absolute Gasteiger partial charge is 0.227 e. The molecular formula is C16H22N2O. The Morgan fingerprint density at radius 1 is 1.32 bits per heavy atom. The van der Waals surface area contributed by atoms with Gasteiger partial charge in [-0.05, 0) is 48.4 Å². The zero-order valence-corrected chi connectivity index (χ0v) is 11.9. The van der Waals surface area contributed by atoms with E-state index in [4.69, 9.17) is 0 Å². The van der Waals surface area contributed by atoms with E-state index in [-0.39, 0.29) is 17.2 Å². The van der Waals surface area contributed by atoms with Gasteiger partial charge in [-0.1, -0.05) is 20.8 Å². The van der Waals surface area contributed by atoms with Gasteiger partial charge in [-0.15, -0.1) is 0 Å². The summed E-state index contributed by atoms with van der Waals surface area (Å²) in [5.41, 5.74) is 3.71. The van der Waals surface area contributed by atoms with Crippen molar-refractivity contribution in [1.29, 1.82) is 0 Å². The molecule has 2 aliphatic rings. The van der Waals surface area contributed by atoms with Crippen molar-refractivity contribution in [3.63, 3.8) is 0 Å². The predicted molar refractivity (Wildman–Crippen MR) is 78.4 cm³/mol. The highest BCUT2D eigenvalue weighted by molar-refractivity contribution is 5.94. The lowest BCUT2D eigenvalue weighted by molar-refractivity contribution is -0.117. The molecule has 0 saturated heterocycles. The Kier molecular flexibility index (Phi) is 2.80. The fraction of sp³-hybridized carbons (Fsp3) is 0.562. The molecule has 1 aromatic carbocycles. The molecule has 1 heterocycles. The monoisotopic (exact) mass is 258 g/mol. The SMILES string of the molecule is CC(C)(C)C1Cc2cc(NC(=O)C3CC3)ccc2N1. The van der Waals surface area contributed by atoms with Crippen molar-refractivity contribution < 1.29 is 4.79 Å². The van der Waals surface area contributed by atoms with Crippen LogP contribution in [0.3, 0.4) is 0 Å². The zero-order valence-electron chi connectivity index (χ0n) is 11.9. The summed E-state index contributed by atoms with van der Waals surface area (Å²) in [4.78, 5) is 11.8. The van der Waals surface area contributed by atoms with Crippen molar-refractivity contribution in [1.82, 2.24) is 0 Å². The van der Waals surface area contributed by atoms with Gasteiger partial charge in [-0.25, -0.2) is 0 Å². The first-order valence-corrected chi connectivity index (χ1v) is 7.14. The molecule has 2 N–H and O–H groups in total. The Bertz CT molecular complexity index is 512. The van der Waals surface area contributed by atoms with Crippen molar-refractivity contribution in [2.75, 3.05) is 10.6 Å². The fourth-order valence-corrected chi connectivity index (χ4v) is 2.55. The van der Waals surface area contributed by atoms with E-state index >= 15 is 0 Å². The van der Waals surface area contributed by atoms with Crippen LogP contribution in [0.5, 0.6) is 0 Å². The lowest BCUT2D eigenvalue weighted by atomic mass is 9.85. The van der Waals surface area contributed by atoms with Crippen molar-refractivity contribution in [2.45, 2.75) is 46.1 Å². The number of fused-ring (bicyclic) bond motifs is 1. The molecule has 19 heavy (non-hydrogen) atoms. The van der Waals surface area contributed by atoms with Crippen molar-refractivity contribution >= 4 is 17.3 Å². The minimum atomic E-state index is 0.179. The molecule has 1 saturated carbocycles. The molecule has 0 spiro atoms. The van der Waals surface area contributed by atoms with Crippen LogP contribution in [0.25, 0.3) is 0 Å². The highest BCUT2D eigenvalue weighted by atomic mass is 16.2. The quantitative estimate of drug-likeness (QED) is 0.853. The minimum absolute atomic E-state index is 0.179. The predicted octanol–water partition coefficient (Wildman–Crippen LogP) is 3.42. The summed E-state index contributed by atoms with van der Waals surface area (Å²) in [7, 11) is 0. The molecule has 0 bridgehead atoms. The average Bonchev–Trinajstić information content (AvgIpc) is 3.07. The maximum Gasteiger partial charge on any atom is 0.227 e. The second-order valence-corrected chi connectivity index (χ2v) is 6.90. The number of amides is 1. The number of rotatable bonds is 2. The summed E-state index contributed by atoms with van der Waals surface area (Å²) in [6, 6.07) is 6.67. The third-order valence-electron chi connectivity index (χ3n) is 4.12. The summed E-state index contributed by atoms with van der Waals surface area (Å²) in [5.74, 6) is 0.437. The van der Waals surface area contributed by atoms with Gasteiger partial charge in [0.05, 0.1) is 0 Å². The van der Waals surface area contributed by atoms with Crippen molar-refractivity contribution in [3.8, 4) is 0 Å². The van der Waals surface area contributed by atoms with Gasteiger partial charge in [-0.2, -0.15) is 0 Å². The van der Waals surface area contributed by atoms with Gasteiger partial charge in [0.15, 0.2) is 0 Å². The highest BCUT2D eigenvalue weighted by Crippen LogP contribution is 2.36. The van der Waals surface area contributed by atoms with Crippen LogP contribution >= 0.6 is 0 Å². The van der Waals surface area contributed by atoms with E-state index in [2.05, 4.69) is 43.5 Å². The normalized spacial score (nSPS) is 21.7. The number of carbonyl (C=O) groups excluding carboxylic acids is 1. The number of carbonyl (C=O) groups is 1. The van der Waals surface area contributed by atoms with E-state index in [1.807, 2.05) is 6.07 Å². The molecule has 0 radical (unpaired) electrons. The van der Waals surface area contributed by atoms with E-state index in [1.165, 1.54) is 11.3 Å². The number of anilines is 2. The van der Waals surface area contributed by atoms with Gasteiger partial charge in [-0.3, -0.25) is 4.79 Å². The van der Waals surface area contributed by atoms with Gasteiger partial charge in [0.1, 0.15) is 0 Å². The fourth-order valence-electron chi connectivity index (χ4n) is 2.55. The topological polar surface area (TPSA) is 41.1 Å². The van der Waals surface area contributed by atoms with Crippen molar-refractivity contribution in [2.24, 2.45) is 11.3 Å². The first-order valence-electron chi connectivity index (χ1n) is 7.14. The van der Waals surface area contributed by atoms with Crippen LogP contribution < -0.4 is 10.6 Å². The Hall–Kier alpha value is -1.51. The van der Waals surface area contributed by atoms with E-state index in [1.54, 1.807) is 0 Å². The maximum absolute atomic E-state index is 11.8. The molecule has 0 aromatic heterocycles. The van der Waals surface area contributed by atoms with Gasteiger partial charge in [0.25, 0.3) is 0 Å². The van der Waals surface area contributed by atoms with Crippen molar-refractivity contribution in [3.05, 3.63) is 23.8 Å². The van der Waals surface area contributed by atoms with Crippen LogP contribution in [0, 0.1) is 11.3 Å². The summed E-state index contributed by atoms with van der Waals surface area (Å²) in [6.45, 7) is 6.77. The Labute approximate surface area is 114 Å². The standard InChI is InChI=1S/C16H22N2O/c1-16(2,3)14-9-11-8-12(6-7-13(11)18-14)17-15(19)10-4-5-10/h6-8,10,14,18H,4-5,9H2,1-3H3,(H,17,19). The zero-order chi connectivity index (χ0) is 13.6. The molecule has 3 rings (SSSR count). The number of hydrogen-bond acceptors (Lipinski definition) is 2. The molecule has 102 valence electrons. The van der Waals surface area contributed by atoms with Gasteiger partial charge in [0, 0.05) is 23.3 Å². The van der Waals surface area contributed by atoms with Gasteiger partial charge in [0.2, 0.25) is 5.91 Å². The summed E-state index contributed by atoms with van der Waals surface area (Å²) in [5, 5.41) is 6.60. The van der Waals surface area contributed by atoms with E-state index < -0.39 is 0 Å². The average molecular weight is 258 g/mol. The van der Waals surface area contributed by atoms with E-state index in [9.17, 15) is 4.79 Å². The summed E-state index contributed by atoms with van der Waals surface area (Å²) < 4.78 is 0. The van der Waals surface area contributed by atoms with Crippen LogP contribution in [0.15, 0.2) is 18.2 Å². The third kappa shape index (κ3) is 2.60. The van der Waals surface area contributed by atoms with Crippen LogP contribution in [0.4, 0.5) is 11.4 Å². The maximum atomic E-state index is 11.8. The molecule has 1 fully saturated rings. The number of benzene rings is 1.